The van der Waals surface area contributed by atoms with Crippen LogP contribution in [0.15, 0.2) is 24.3 Å². The minimum absolute atomic E-state index is 0.272. The maximum Gasteiger partial charge on any atom is 0.347 e. The second-order valence-corrected chi connectivity index (χ2v) is 4.47. The van der Waals surface area contributed by atoms with Gasteiger partial charge in [0.25, 0.3) is 0 Å². The monoisotopic (exact) mass is 264 g/mol. The van der Waals surface area contributed by atoms with Crippen LogP contribution in [0.1, 0.15) is 37.8 Å². The van der Waals surface area contributed by atoms with E-state index < -0.39 is 24.0 Å². The predicted molar refractivity (Wildman–Crippen MR) is 71.8 cm³/mol. The van der Waals surface area contributed by atoms with E-state index in [1.165, 1.54) is 6.92 Å². The van der Waals surface area contributed by atoms with E-state index in [1.54, 1.807) is 13.8 Å². The van der Waals surface area contributed by atoms with Gasteiger partial charge in [0, 0.05) is 0 Å². The molecule has 0 saturated carbocycles. The van der Waals surface area contributed by atoms with Crippen molar-refractivity contribution in [1.29, 1.82) is 0 Å². The van der Waals surface area contributed by atoms with E-state index in [4.69, 9.17) is 9.47 Å². The molecule has 104 valence electrons. The first kappa shape index (κ1) is 15.2. The molecule has 1 aromatic rings. The largest absolute Gasteiger partial charge is 0.463 e. The van der Waals surface area contributed by atoms with Crippen LogP contribution in [-0.2, 0) is 19.1 Å². The van der Waals surface area contributed by atoms with E-state index in [0.717, 1.165) is 11.1 Å². The minimum atomic E-state index is -0.875. The summed E-state index contributed by atoms with van der Waals surface area (Å²) in [5, 5.41) is 0. The van der Waals surface area contributed by atoms with Crippen molar-refractivity contribution in [2.24, 2.45) is 0 Å². The average Bonchev–Trinajstić information content (AvgIpc) is 2.37. The van der Waals surface area contributed by atoms with Crippen LogP contribution < -0.4 is 0 Å². The Balaban J connectivity index is 2.65. The number of carbonyl (C=O) groups excluding carboxylic acids is 2. The summed E-state index contributed by atoms with van der Waals surface area (Å²) < 4.78 is 9.90. The molecule has 0 heterocycles. The molecule has 0 spiro atoms. The average molecular weight is 264 g/mol. The third-order valence-corrected chi connectivity index (χ3v) is 2.81. The SMILES string of the molecule is CCOC(=O)C(C)OC(=O)C(C)c1cccc(C)c1. The van der Waals surface area contributed by atoms with E-state index >= 15 is 0 Å². The highest BCUT2D eigenvalue weighted by molar-refractivity contribution is 5.82. The van der Waals surface area contributed by atoms with E-state index in [2.05, 4.69) is 0 Å². The number of aryl methyl sites for hydroxylation is 1. The van der Waals surface area contributed by atoms with Gasteiger partial charge >= 0.3 is 11.9 Å². The summed E-state index contributed by atoms with van der Waals surface area (Å²) in [6.45, 7) is 7.21. The van der Waals surface area contributed by atoms with Gasteiger partial charge in [0.05, 0.1) is 12.5 Å². The lowest BCUT2D eigenvalue weighted by Gasteiger charge is -2.16. The van der Waals surface area contributed by atoms with Gasteiger partial charge < -0.3 is 9.47 Å². The molecule has 1 aromatic carbocycles. The molecule has 0 fully saturated rings. The van der Waals surface area contributed by atoms with Gasteiger partial charge in [0.15, 0.2) is 6.10 Å². The zero-order valence-electron chi connectivity index (χ0n) is 11.8. The van der Waals surface area contributed by atoms with E-state index in [9.17, 15) is 9.59 Å². The minimum Gasteiger partial charge on any atom is -0.463 e. The number of carbonyl (C=O) groups is 2. The molecule has 0 amide bonds. The number of esters is 2. The third kappa shape index (κ3) is 4.39. The molecular weight excluding hydrogens is 244 g/mol. The Morgan fingerprint density at radius 2 is 1.89 bits per heavy atom. The van der Waals surface area contributed by atoms with Crippen molar-refractivity contribution in [3.63, 3.8) is 0 Å². The molecule has 0 saturated heterocycles. The Labute approximate surface area is 113 Å². The Kier molecular flexibility index (Phi) is 5.55. The molecular formula is C15H20O4. The van der Waals surface area contributed by atoms with Crippen LogP contribution in [0.3, 0.4) is 0 Å². The number of ether oxygens (including phenoxy) is 2. The molecule has 0 aromatic heterocycles. The molecule has 0 aliphatic rings. The summed E-state index contributed by atoms with van der Waals surface area (Å²) in [7, 11) is 0. The normalized spacial score (nSPS) is 13.5. The summed E-state index contributed by atoms with van der Waals surface area (Å²) in [5.74, 6) is -1.35. The highest BCUT2D eigenvalue weighted by atomic mass is 16.6. The number of hydrogen-bond donors (Lipinski definition) is 0. The first-order chi connectivity index (χ1) is 8.95. The van der Waals surface area contributed by atoms with Gasteiger partial charge in [-0.2, -0.15) is 0 Å². The highest BCUT2D eigenvalue weighted by Gasteiger charge is 2.23. The van der Waals surface area contributed by atoms with Crippen LogP contribution in [0.25, 0.3) is 0 Å². The number of benzene rings is 1. The Morgan fingerprint density at radius 1 is 1.21 bits per heavy atom. The molecule has 0 radical (unpaired) electrons. The van der Waals surface area contributed by atoms with Gasteiger partial charge in [-0.1, -0.05) is 29.8 Å². The zero-order valence-corrected chi connectivity index (χ0v) is 11.8. The molecule has 2 atom stereocenters. The second-order valence-electron chi connectivity index (χ2n) is 4.47. The Hall–Kier alpha value is -1.84. The standard InChI is InChI=1S/C15H20O4/c1-5-18-15(17)12(4)19-14(16)11(3)13-8-6-7-10(2)9-13/h6-9,11-12H,5H2,1-4H3. The molecule has 0 aliphatic carbocycles. The maximum atomic E-state index is 11.9. The summed E-state index contributed by atoms with van der Waals surface area (Å²) in [6.07, 6.45) is -0.875. The van der Waals surface area contributed by atoms with Gasteiger partial charge in [0.1, 0.15) is 0 Å². The van der Waals surface area contributed by atoms with Crippen LogP contribution in [0.5, 0.6) is 0 Å². The van der Waals surface area contributed by atoms with Crippen LogP contribution in [0.2, 0.25) is 0 Å². The fourth-order valence-electron chi connectivity index (χ4n) is 1.66. The van der Waals surface area contributed by atoms with Gasteiger partial charge in [-0.05, 0) is 33.3 Å². The molecule has 1 rings (SSSR count). The van der Waals surface area contributed by atoms with Crippen molar-refractivity contribution in [2.75, 3.05) is 6.61 Å². The lowest BCUT2D eigenvalue weighted by molar-refractivity contribution is -0.167. The summed E-state index contributed by atoms with van der Waals surface area (Å²) >= 11 is 0. The van der Waals surface area contributed by atoms with Crippen molar-refractivity contribution in [3.8, 4) is 0 Å². The lowest BCUT2D eigenvalue weighted by atomic mass is 9.99. The summed E-state index contributed by atoms with van der Waals surface area (Å²) in [5.41, 5.74) is 1.96. The first-order valence-electron chi connectivity index (χ1n) is 6.39. The zero-order chi connectivity index (χ0) is 14.4. The van der Waals surface area contributed by atoms with Gasteiger partial charge in [-0.3, -0.25) is 4.79 Å². The van der Waals surface area contributed by atoms with Gasteiger partial charge in [0.2, 0.25) is 0 Å². The van der Waals surface area contributed by atoms with Crippen molar-refractivity contribution < 1.29 is 19.1 Å². The summed E-state index contributed by atoms with van der Waals surface area (Å²) in [4.78, 5) is 23.3. The predicted octanol–water partition coefficient (Wildman–Crippen LogP) is 2.59. The topological polar surface area (TPSA) is 52.6 Å². The van der Waals surface area contributed by atoms with Gasteiger partial charge in [-0.25, -0.2) is 4.79 Å². The Morgan fingerprint density at radius 3 is 2.47 bits per heavy atom. The third-order valence-electron chi connectivity index (χ3n) is 2.81. The van der Waals surface area contributed by atoms with Gasteiger partial charge in [-0.15, -0.1) is 0 Å². The molecule has 0 bridgehead atoms. The second kappa shape index (κ2) is 6.92. The van der Waals surface area contributed by atoms with Crippen molar-refractivity contribution in [3.05, 3.63) is 35.4 Å². The fourth-order valence-corrected chi connectivity index (χ4v) is 1.66. The molecule has 4 heteroatoms. The molecule has 2 unspecified atom stereocenters. The van der Waals surface area contributed by atoms with E-state index in [-0.39, 0.29) is 6.61 Å². The fraction of sp³-hybridized carbons (Fsp3) is 0.467. The number of rotatable bonds is 5. The van der Waals surface area contributed by atoms with Crippen molar-refractivity contribution in [1.82, 2.24) is 0 Å². The quantitative estimate of drug-likeness (QED) is 0.767. The Bertz CT molecular complexity index is 453. The van der Waals surface area contributed by atoms with Crippen LogP contribution in [0, 0.1) is 6.92 Å². The molecule has 4 nitrogen and oxygen atoms in total. The molecule has 0 N–H and O–H groups in total. The van der Waals surface area contributed by atoms with Crippen molar-refractivity contribution in [2.45, 2.75) is 39.7 Å². The van der Waals surface area contributed by atoms with Crippen LogP contribution in [0.4, 0.5) is 0 Å². The lowest BCUT2D eigenvalue weighted by Crippen LogP contribution is -2.28. The smallest absolute Gasteiger partial charge is 0.347 e. The number of hydrogen-bond acceptors (Lipinski definition) is 4. The van der Waals surface area contributed by atoms with Crippen LogP contribution >= 0.6 is 0 Å². The molecule has 0 aliphatic heterocycles. The maximum absolute atomic E-state index is 11.9. The van der Waals surface area contributed by atoms with E-state index in [0.29, 0.717) is 0 Å². The summed E-state index contributed by atoms with van der Waals surface area (Å²) in [6, 6.07) is 7.65. The van der Waals surface area contributed by atoms with Crippen LogP contribution in [-0.4, -0.2) is 24.6 Å². The molecule has 19 heavy (non-hydrogen) atoms. The van der Waals surface area contributed by atoms with Crippen molar-refractivity contribution >= 4 is 11.9 Å². The highest BCUT2D eigenvalue weighted by Crippen LogP contribution is 2.18. The first-order valence-corrected chi connectivity index (χ1v) is 6.39. The van der Waals surface area contributed by atoms with E-state index in [1.807, 2.05) is 31.2 Å².